The normalized spacial score (nSPS) is 12.6. The van der Waals surface area contributed by atoms with Gasteiger partial charge in [0.15, 0.2) is 0 Å². The second kappa shape index (κ2) is 8.24. The summed E-state index contributed by atoms with van der Waals surface area (Å²) < 4.78 is 43.1. The number of methoxy groups -OCH3 is 1. The Balaban J connectivity index is 2.11. The van der Waals surface area contributed by atoms with Crippen molar-refractivity contribution in [3.63, 3.8) is 0 Å². The first-order valence-electron chi connectivity index (χ1n) is 8.57. The number of nitrogens with zero attached hydrogens (tertiary/aromatic N) is 2. The highest BCUT2D eigenvalue weighted by Gasteiger charge is 2.15. The molecule has 3 aromatic rings. The van der Waals surface area contributed by atoms with Crippen molar-refractivity contribution in [1.82, 2.24) is 4.57 Å². The van der Waals surface area contributed by atoms with Crippen LogP contribution in [-0.4, -0.2) is 33.3 Å². The molecule has 0 radical (unpaired) electrons. The van der Waals surface area contributed by atoms with Crippen LogP contribution in [0.5, 0.6) is 5.75 Å². The van der Waals surface area contributed by atoms with Gasteiger partial charge in [0.05, 0.1) is 28.8 Å². The predicted molar refractivity (Wildman–Crippen MR) is 107 cm³/mol. The van der Waals surface area contributed by atoms with Gasteiger partial charge in [0.1, 0.15) is 5.75 Å². The molecule has 144 valence electrons. The molecule has 0 aliphatic heterocycles. The molecule has 0 saturated heterocycles. The van der Waals surface area contributed by atoms with Gasteiger partial charge in [0.2, 0.25) is 4.80 Å². The summed E-state index contributed by atoms with van der Waals surface area (Å²) >= 11 is 1.36. The summed E-state index contributed by atoms with van der Waals surface area (Å²) in [4.78, 5) is 0.569. The maximum atomic E-state index is 12.8. The summed E-state index contributed by atoms with van der Waals surface area (Å²) in [6, 6.07) is 12.3. The fourth-order valence-corrected chi connectivity index (χ4v) is 5.03. The van der Waals surface area contributed by atoms with E-state index in [0.29, 0.717) is 30.3 Å². The number of sulfonamides is 1. The number of ether oxygens (including phenoxy) is 2. The van der Waals surface area contributed by atoms with Gasteiger partial charge < -0.3 is 14.0 Å². The van der Waals surface area contributed by atoms with Gasteiger partial charge in [-0.05, 0) is 55.8 Å². The summed E-state index contributed by atoms with van der Waals surface area (Å²) in [7, 11) is -2.29. The van der Waals surface area contributed by atoms with Gasteiger partial charge >= 0.3 is 0 Å². The van der Waals surface area contributed by atoms with Gasteiger partial charge in [-0.15, -0.1) is 4.40 Å². The Hall–Kier alpha value is -2.16. The molecule has 0 fully saturated rings. The molecule has 3 rings (SSSR count). The van der Waals surface area contributed by atoms with Crippen molar-refractivity contribution in [2.75, 3.05) is 20.3 Å². The molecule has 0 aliphatic carbocycles. The van der Waals surface area contributed by atoms with Crippen LogP contribution < -0.4 is 9.54 Å². The van der Waals surface area contributed by atoms with E-state index in [4.69, 9.17) is 9.47 Å². The molecule has 0 aliphatic rings. The van der Waals surface area contributed by atoms with Crippen LogP contribution >= 0.6 is 11.3 Å². The maximum absolute atomic E-state index is 12.8. The third-order valence-corrected chi connectivity index (χ3v) is 6.50. The van der Waals surface area contributed by atoms with Crippen molar-refractivity contribution in [3.8, 4) is 5.75 Å². The van der Waals surface area contributed by atoms with Crippen LogP contribution in [0, 0.1) is 6.92 Å². The zero-order chi connectivity index (χ0) is 19.4. The summed E-state index contributed by atoms with van der Waals surface area (Å²) in [6.45, 7) is 5.58. The van der Waals surface area contributed by atoms with Crippen molar-refractivity contribution in [2.24, 2.45) is 4.40 Å². The minimum Gasteiger partial charge on any atom is -0.497 e. The van der Waals surface area contributed by atoms with Gasteiger partial charge in [-0.3, -0.25) is 0 Å². The fraction of sp³-hybridized carbons (Fsp3) is 0.316. The van der Waals surface area contributed by atoms with Gasteiger partial charge in [-0.1, -0.05) is 17.4 Å². The molecule has 0 atom stereocenters. The van der Waals surface area contributed by atoms with Crippen LogP contribution in [-0.2, 0) is 21.3 Å². The summed E-state index contributed by atoms with van der Waals surface area (Å²) in [5.41, 5.74) is 2.07. The molecule has 8 heteroatoms. The van der Waals surface area contributed by atoms with E-state index in [1.165, 1.54) is 30.6 Å². The lowest BCUT2D eigenvalue weighted by molar-refractivity contribution is 0.139. The van der Waals surface area contributed by atoms with E-state index in [1.807, 2.05) is 36.6 Å². The van der Waals surface area contributed by atoms with Crippen LogP contribution in [0.1, 0.15) is 12.5 Å². The summed E-state index contributed by atoms with van der Waals surface area (Å²) in [6.07, 6.45) is 0. The number of rotatable bonds is 7. The molecule has 1 heterocycles. The van der Waals surface area contributed by atoms with Crippen molar-refractivity contribution in [1.29, 1.82) is 0 Å². The lowest BCUT2D eigenvalue weighted by Crippen LogP contribution is -2.19. The highest BCUT2D eigenvalue weighted by molar-refractivity contribution is 7.90. The van der Waals surface area contributed by atoms with Gasteiger partial charge in [-0.25, -0.2) is 0 Å². The second-order valence-electron chi connectivity index (χ2n) is 5.95. The summed E-state index contributed by atoms with van der Waals surface area (Å²) in [5.74, 6) is 0.595. The van der Waals surface area contributed by atoms with E-state index < -0.39 is 10.0 Å². The Morgan fingerprint density at radius 3 is 2.56 bits per heavy atom. The van der Waals surface area contributed by atoms with Crippen LogP contribution in [0.15, 0.2) is 51.8 Å². The number of fused-ring (bicyclic) bond motifs is 1. The van der Waals surface area contributed by atoms with Crippen molar-refractivity contribution >= 4 is 31.6 Å². The number of aromatic nitrogens is 1. The molecule has 0 spiro atoms. The van der Waals surface area contributed by atoms with Crippen molar-refractivity contribution < 1.29 is 17.9 Å². The average Bonchev–Trinajstić information content (AvgIpc) is 2.97. The fourth-order valence-electron chi connectivity index (χ4n) is 2.67. The van der Waals surface area contributed by atoms with Crippen molar-refractivity contribution in [3.05, 3.63) is 52.8 Å². The highest BCUT2D eigenvalue weighted by Crippen LogP contribution is 2.21. The number of benzene rings is 2. The maximum Gasteiger partial charge on any atom is 0.285 e. The zero-order valence-electron chi connectivity index (χ0n) is 15.5. The second-order valence-corrected chi connectivity index (χ2v) is 8.56. The largest absolute Gasteiger partial charge is 0.497 e. The lowest BCUT2D eigenvalue weighted by atomic mass is 10.2. The Morgan fingerprint density at radius 2 is 1.89 bits per heavy atom. The molecule has 0 bridgehead atoms. The van der Waals surface area contributed by atoms with E-state index in [1.54, 1.807) is 12.1 Å². The van der Waals surface area contributed by atoms with E-state index in [-0.39, 0.29) is 4.90 Å². The smallest absolute Gasteiger partial charge is 0.285 e. The molecule has 0 saturated carbocycles. The van der Waals surface area contributed by atoms with Gasteiger partial charge in [0, 0.05) is 13.2 Å². The predicted octanol–water partition coefficient (Wildman–Crippen LogP) is 3.35. The molecule has 0 amide bonds. The highest BCUT2D eigenvalue weighted by atomic mass is 32.2. The van der Waals surface area contributed by atoms with Crippen LogP contribution in [0.3, 0.4) is 0 Å². The molecule has 27 heavy (non-hydrogen) atoms. The van der Waals surface area contributed by atoms with Gasteiger partial charge in [-0.2, -0.15) is 8.42 Å². The van der Waals surface area contributed by atoms with Gasteiger partial charge in [0.25, 0.3) is 10.0 Å². The van der Waals surface area contributed by atoms with E-state index in [0.717, 1.165) is 15.8 Å². The van der Waals surface area contributed by atoms with Crippen LogP contribution in [0.2, 0.25) is 0 Å². The van der Waals surface area contributed by atoms with Crippen molar-refractivity contribution in [2.45, 2.75) is 25.3 Å². The topological polar surface area (TPSA) is 69.9 Å². The number of thiazole rings is 1. The Kier molecular flexibility index (Phi) is 5.98. The zero-order valence-corrected chi connectivity index (χ0v) is 17.1. The number of aryl methyl sites for hydroxylation is 1. The molecule has 6 nitrogen and oxygen atoms in total. The standard InChI is InChI=1S/C19H22N2O4S2/c1-4-25-12-11-21-17-10-5-14(2)13-18(17)26-19(21)20-27(22,23)16-8-6-15(24-3)7-9-16/h5-10,13H,4,11-12H2,1-3H3/b20-19-. The first kappa shape index (κ1) is 19.6. The third kappa shape index (κ3) is 4.40. The van der Waals surface area contributed by atoms with Crippen LogP contribution in [0.25, 0.3) is 10.2 Å². The third-order valence-electron chi connectivity index (χ3n) is 4.06. The van der Waals surface area contributed by atoms with E-state index in [9.17, 15) is 8.42 Å². The van der Waals surface area contributed by atoms with Crippen LogP contribution in [0.4, 0.5) is 0 Å². The molecular weight excluding hydrogens is 384 g/mol. The molecular formula is C19H22N2O4S2. The SMILES string of the molecule is CCOCCn1/c(=N/S(=O)(=O)c2ccc(OC)cc2)sc2cc(C)ccc21. The van der Waals surface area contributed by atoms with E-state index in [2.05, 4.69) is 4.40 Å². The minimum absolute atomic E-state index is 0.133. The van der Waals surface area contributed by atoms with E-state index >= 15 is 0 Å². The Morgan fingerprint density at radius 1 is 1.15 bits per heavy atom. The molecule has 2 aromatic carbocycles. The molecule has 1 aromatic heterocycles. The number of hydrogen-bond acceptors (Lipinski definition) is 5. The quantitative estimate of drug-likeness (QED) is 0.564. The number of hydrogen-bond donors (Lipinski definition) is 0. The Bertz CT molecular complexity index is 1100. The monoisotopic (exact) mass is 406 g/mol. The molecule has 0 N–H and O–H groups in total. The average molecular weight is 407 g/mol. The lowest BCUT2D eigenvalue weighted by Gasteiger charge is -2.06. The summed E-state index contributed by atoms with van der Waals surface area (Å²) in [5, 5.41) is 0. The first-order chi connectivity index (χ1) is 12.9. The molecule has 0 unspecified atom stereocenters. The minimum atomic E-state index is -3.83. The first-order valence-corrected chi connectivity index (χ1v) is 10.8. The Labute approximate surface area is 162 Å².